The van der Waals surface area contributed by atoms with Crippen LogP contribution in [-0.2, 0) is 23.9 Å². The average Bonchev–Trinajstić information content (AvgIpc) is 2.40. The van der Waals surface area contributed by atoms with Crippen molar-refractivity contribution in [1.29, 1.82) is 0 Å². The normalized spacial score (nSPS) is 13.5. The maximum absolute atomic E-state index is 12.0. The van der Waals surface area contributed by atoms with Crippen molar-refractivity contribution in [3.8, 4) is 0 Å². The van der Waals surface area contributed by atoms with Gasteiger partial charge in [0.05, 0.1) is 0 Å². The Morgan fingerprint density at radius 1 is 1.36 bits per heavy atom. The topological polar surface area (TPSA) is 118 Å². The van der Waals surface area contributed by atoms with Crippen LogP contribution in [0.5, 0.6) is 0 Å². The van der Waals surface area contributed by atoms with Crippen LogP contribution in [0, 0.1) is 0 Å². The first-order valence-corrected chi connectivity index (χ1v) is 5.93. The number of hydrogen-bond donors (Lipinski definition) is 1. The Kier molecular flexibility index (Phi) is 7.99. The summed E-state index contributed by atoms with van der Waals surface area (Å²) in [4.78, 5) is 36.5. The van der Waals surface area contributed by atoms with Crippen molar-refractivity contribution in [3.63, 3.8) is 0 Å². The molecule has 0 unspecified atom stereocenters. The molecule has 1 N–H and O–H groups in total. The minimum atomic E-state index is -5.22. The smallest absolute Gasteiger partial charge is 0.372 e. The van der Waals surface area contributed by atoms with E-state index < -0.39 is 49.0 Å². The number of esters is 1. The highest BCUT2D eigenvalue weighted by atomic mass is 19.4. The quantitative estimate of drug-likeness (QED) is 0.296. The Balaban J connectivity index is 4.89. The van der Waals surface area contributed by atoms with Crippen LogP contribution < -0.4 is 5.32 Å². The Hall–Kier alpha value is -2.26. The van der Waals surface area contributed by atoms with E-state index in [9.17, 15) is 27.6 Å². The Labute approximate surface area is 123 Å². The molecule has 0 radical (unpaired) electrons. The van der Waals surface area contributed by atoms with Crippen LogP contribution in [0.1, 0.15) is 19.8 Å². The van der Waals surface area contributed by atoms with E-state index in [0.717, 1.165) is 0 Å². The highest BCUT2D eigenvalue weighted by molar-refractivity contribution is 6.25. The number of carbonyl (C=O) groups excluding carboxylic acids is 3. The highest BCUT2D eigenvalue weighted by Crippen LogP contribution is 2.18. The highest BCUT2D eigenvalue weighted by Gasteiger charge is 2.37. The van der Waals surface area contributed by atoms with Crippen molar-refractivity contribution in [1.82, 2.24) is 5.32 Å². The van der Waals surface area contributed by atoms with Crippen LogP contribution in [0.4, 0.5) is 13.2 Å². The Bertz CT molecular complexity index is 474. The molecule has 1 amide bonds. The molecule has 2 atom stereocenters. The third-order valence-electron chi connectivity index (χ3n) is 2.42. The van der Waals surface area contributed by atoms with Gasteiger partial charge in [-0.3, -0.25) is 9.59 Å². The van der Waals surface area contributed by atoms with Crippen molar-refractivity contribution in [2.75, 3.05) is 7.11 Å². The first kappa shape index (κ1) is 19.7. The largest absolute Gasteiger partial charge is 0.575 e. The molecule has 0 fully saturated rings. The number of hydrogen-bond acceptors (Lipinski definition) is 5. The molecule has 0 aromatic carbocycles. The molecule has 0 rings (SSSR count). The number of ketones is 1. The van der Waals surface area contributed by atoms with E-state index in [1.165, 1.54) is 14.0 Å². The van der Waals surface area contributed by atoms with Crippen LogP contribution in [0.15, 0.2) is 0 Å². The first-order valence-electron chi connectivity index (χ1n) is 5.93. The summed E-state index contributed by atoms with van der Waals surface area (Å²) in [6.07, 6.45) is -6.63. The van der Waals surface area contributed by atoms with Crippen LogP contribution in [0.2, 0.25) is 0 Å². The average molecular weight is 325 g/mol. The minimum Gasteiger partial charge on any atom is -0.372 e. The number of nitrogens with zero attached hydrogens (tertiary/aromatic N) is 2. The van der Waals surface area contributed by atoms with Gasteiger partial charge in [-0.1, -0.05) is 0 Å². The van der Waals surface area contributed by atoms with Gasteiger partial charge in [-0.2, -0.15) is 4.79 Å². The van der Waals surface area contributed by atoms with Gasteiger partial charge in [0.25, 0.3) is 0 Å². The molecule has 8 nitrogen and oxygen atoms in total. The molecule has 0 heterocycles. The minimum absolute atomic E-state index is 0.441. The summed E-state index contributed by atoms with van der Waals surface area (Å²) in [5.74, 6) is -3.37. The molecule has 0 aliphatic carbocycles. The summed E-state index contributed by atoms with van der Waals surface area (Å²) in [7, 11) is 1.19. The summed E-state index contributed by atoms with van der Waals surface area (Å²) >= 11 is 0. The molecular weight excluding hydrogens is 311 g/mol. The maximum Gasteiger partial charge on any atom is 0.575 e. The van der Waals surface area contributed by atoms with Gasteiger partial charge in [-0.15, -0.1) is 13.2 Å². The number of rotatable bonds is 8. The second-order valence-corrected chi connectivity index (χ2v) is 4.06. The fraction of sp³-hybridized carbons (Fsp3) is 0.636. The molecule has 0 aliphatic rings. The molecule has 0 saturated carbocycles. The Morgan fingerprint density at radius 3 is 2.41 bits per heavy atom. The van der Waals surface area contributed by atoms with E-state index >= 15 is 0 Å². The number of alkyl halides is 3. The second kappa shape index (κ2) is 8.90. The fourth-order valence-electron chi connectivity index (χ4n) is 1.25. The number of nitrogens with one attached hydrogen (secondary N) is 1. The van der Waals surface area contributed by atoms with Crippen LogP contribution in [-0.4, -0.2) is 54.3 Å². The van der Waals surface area contributed by atoms with E-state index in [1.807, 2.05) is 5.32 Å². The zero-order valence-corrected chi connectivity index (χ0v) is 11.7. The van der Waals surface area contributed by atoms with Crippen molar-refractivity contribution in [2.24, 2.45) is 0 Å². The first-order chi connectivity index (χ1) is 10.1. The molecule has 0 aliphatic heterocycles. The van der Waals surface area contributed by atoms with Crippen molar-refractivity contribution >= 4 is 23.9 Å². The predicted molar refractivity (Wildman–Crippen MR) is 64.5 cm³/mol. The van der Waals surface area contributed by atoms with Gasteiger partial charge in [0.15, 0.2) is 0 Å². The van der Waals surface area contributed by atoms with Gasteiger partial charge in [0.2, 0.25) is 11.7 Å². The van der Waals surface area contributed by atoms with Gasteiger partial charge in [0.1, 0.15) is 12.1 Å². The van der Waals surface area contributed by atoms with Gasteiger partial charge in [-0.05, 0) is 13.3 Å². The lowest BCUT2D eigenvalue weighted by Gasteiger charge is -2.19. The molecule has 0 bridgehead atoms. The summed E-state index contributed by atoms with van der Waals surface area (Å²) in [6, 6.07) is -1.71. The lowest BCUT2D eigenvalue weighted by molar-refractivity contribution is -0.306. The summed E-state index contributed by atoms with van der Waals surface area (Å²) in [5.41, 5.74) is 8.14. The van der Waals surface area contributed by atoms with Crippen molar-refractivity contribution in [2.45, 2.75) is 38.3 Å². The van der Waals surface area contributed by atoms with E-state index in [4.69, 9.17) is 5.53 Å². The number of halogens is 3. The monoisotopic (exact) mass is 325 g/mol. The number of ether oxygens (including phenoxy) is 2. The molecule has 22 heavy (non-hydrogen) atoms. The van der Waals surface area contributed by atoms with E-state index in [1.54, 1.807) is 0 Å². The van der Waals surface area contributed by atoms with Gasteiger partial charge >= 0.3 is 18.5 Å². The van der Waals surface area contributed by atoms with E-state index in [2.05, 4.69) is 14.3 Å². The summed E-state index contributed by atoms with van der Waals surface area (Å²) in [6.45, 7) is 1.31. The van der Waals surface area contributed by atoms with E-state index in [-0.39, 0.29) is 0 Å². The predicted octanol–water partition coefficient (Wildman–Crippen LogP) is 0.219. The number of amides is 1. The maximum atomic E-state index is 12.0. The fourth-order valence-corrected chi connectivity index (χ4v) is 1.25. The van der Waals surface area contributed by atoms with Gasteiger partial charge in [0, 0.05) is 13.5 Å². The zero-order valence-electron chi connectivity index (χ0n) is 11.7. The van der Waals surface area contributed by atoms with Crippen LogP contribution in [0.3, 0.4) is 0 Å². The molecule has 0 aromatic heterocycles. The number of carbonyl (C=O) groups is 3. The van der Waals surface area contributed by atoms with Crippen molar-refractivity contribution < 1.29 is 41.8 Å². The lowest BCUT2D eigenvalue weighted by Crippen LogP contribution is -2.47. The molecule has 124 valence electrons. The van der Waals surface area contributed by atoms with Crippen LogP contribution in [0.25, 0.3) is 5.53 Å². The molecule has 11 heteroatoms. The standard InChI is InChI=1S/C11H14F3N3O5/c1-6(21-2)9(19)17-8(4-3-7(18)5-16-15)10(20)22-11(12,13)14/h5-6,8H,3-4H2,1-2H3,(H,17,19)/t6-,8-/m0/s1. The number of methoxy groups -OCH3 is 1. The van der Waals surface area contributed by atoms with E-state index in [0.29, 0.717) is 6.21 Å². The van der Waals surface area contributed by atoms with Gasteiger partial charge in [-0.25, -0.2) is 4.79 Å². The second-order valence-electron chi connectivity index (χ2n) is 4.06. The molecular formula is C11H14F3N3O5. The van der Waals surface area contributed by atoms with Crippen molar-refractivity contribution in [3.05, 3.63) is 5.53 Å². The summed E-state index contributed by atoms with van der Waals surface area (Å²) in [5, 5.41) is 1.99. The molecule has 0 aromatic rings. The number of Topliss-reactive ketones (excluding diaryl/α,β-unsaturated/α-hetero) is 1. The SMILES string of the molecule is CO[C@@H](C)C(=O)N[C@@H](CCC(=O)C=[N+]=[N-])C(=O)OC(F)(F)F. The Morgan fingerprint density at radius 2 is 1.95 bits per heavy atom. The zero-order chi connectivity index (χ0) is 17.3. The molecule has 0 spiro atoms. The van der Waals surface area contributed by atoms with Crippen LogP contribution >= 0.6 is 0 Å². The summed E-state index contributed by atoms with van der Waals surface area (Å²) < 4.78 is 44.0. The lowest BCUT2D eigenvalue weighted by atomic mass is 10.1. The molecule has 0 saturated heterocycles. The third-order valence-corrected chi connectivity index (χ3v) is 2.42. The van der Waals surface area contributed by atoms with Gasteiger partial charge < -0.3 is 20.3 Å². The third kappa shape index (κ3) is 8.12.